The van der Waals surface area contributed by atoms with Crippen LogP contribution in [0.15, 0.2) is 12.3 Å². The van der Waals surface area contributed by atoms with Crippen LogP contribution in [0.1, 0.15) is 12.6 Å². The van der Waals surface area contributed by atoms with Gasteiger partial charge in [0.15, 0.2) is 0 Å². The Morgan fingerprint density at radius 2 is 2.50 bits per heavy atom. The van der Waals surface area contributed by atoms with Gasteiger partial charge in [0.25, 0.3) is 0 Å². The summed E-state index contributed by atoms with van der Waals surface area (Å²) in [6, 6.07) is 1.54. The molecule has 0 aliphatic carbocycles. The van der Waals surface area contributed by atoms with Gasteiger partial charge in [0, 0.05) is 13.1 Å². The zero-order chi connectivity index (χ0) is 9.14. The molecule has 12 heavy (non-hydrogen) atoms. The third-order valence-corrected chi connectivity index (χ3v) is 1.14. The lowest BCUT2D eigenvalue weighted by Gasteiger charge is -1.98. The minimum atomic E-state index is -0.229. The van der Waals surface area contributed by atoms with E-state index in [2.05, 4.69) is 10.5 Å². The lowest BCUT2D eigenvalue weighted by atomic mass is 10.4. The Morgan fingerprint density at radius 1 is 1.83 bits per heavy atom. The molecule has 0 aromatic carbocycles. The van der Waals surface area contributed by atoms with Gasteiger partial charge >= 0.3 is 0 Å². The molecule has 4 N–H and O–H groups in total. The van der Waals surface area contributed by atoms with Crippen molar-refractivity contribution in [3.8, 4) is 0 Å². The van der Waals surface area contributed by atoms with E-state index in [0.717, 1.165) is 0 Å². The minimum Gasteiger partial charge on any atom is -0.382 e. The SMILES string of the molecule is CC(=O)Nn1ccc(C(=N)N)n1. The van der Waals surface area contributed by atoms with Crippen molar-refractivity contribution in [2.45, 2.75) is 6.92 Å². The predicted octanol–water partition coefficient (Wildman–Crippen LogP) is -0.743. The average molecular weight is 167 g/mol. The first-order valence-corrected chi connectivity index (χ1v) is 3.27. The summed E-state index contributed by atoms with van der Waals surface area (Å²) in [5, 5.41) is 10.8. The number of nitrogens with one attached hydrogen (secondary N) is 2. The van der Waals surface area contributed by atoms with E-state index in [1.165, 1.54) is 24.0 Å². The van der Waals surface area contributed by atoms with E-state index in [0.29, 0.717) is 5.69 Å². The molecule has 0 unspecified atom stereocenters. The Bertz CT molecular complexity index is 315. The summed E-state index contributed by atoms with van der Waals surface area (Å²) in [5.41, 5.74) is 7.88. The fraction of sp³-hybridized carbons (Fsp3) is 0.167. The zero-order valence-electron chi connectivity index (χ0n) is 6.53. The molecule has 0 bridgehead atoms. The molecule has 1 aromatic rings. The number of amidine groups is 1. The maximum atomic E-state index is 10.5. The number of rotatable bonds is 2. The summed E-state index contributed by atoms with van der Waals surface area (Å²) in [6.45, 7) is 1.37. The van der Waals surface area contributed by atoms with Gasteiger partial charge < -0.3 is 5.73 Å². The minimum absolute atomic E-state index is 0.126. The highest BCUT2D eigenvalue weighted by molar-refractivity contribution is 5.92. The van der Waals surface area contributed by atoms with Gasteiger partial charge in [-0.25, -0.2) is 5.43 Å². The second kappa shape index (κ2) is 3.04. The molecular weight excluding hydrogens is 158 g/mol. The molecule has 0 atom stereocenters. The van der Waals surface area contributed by atoms with Crippen LogP contribution < -0.4 is 11.2 Å². The third-order valence-electron chi connectivity index (χ3n) is 1.14. The fourth-order valence-electron chi connectivity index (χ4n) is 0.691. The lowest BCUT2D eigenvalue weighted by Crippen LogP contribution is -2.21. The quantitative estimate of drug-likeness (QED) is 0.399. The van der Waals surface area contributed by atoms with E-state index < -0.39 is 0 Å². The molecule has 0 spiro atoms. The van der Waals surface area contributed by atoms with Crippen LogP contribution in [0.4, 0.5) is 0 Å². The number of nitrogens with two attached hydrogens (primary N) is 1. The number of carbonyl (C=O) groups excluding carboxylic acids is 1. The van der Waals surface area contributed by atoms with Crippen LogP contribution in [0, 0.1) is 5.41 Å². The van der Waals surface area contributed by atoms with Crippen molar-refractivity contribution in [3.05, 3.63) is 18.0 Å². The maximum absolute atomic E-state index is 10.5. The highest BCUT2D eigenvalue weighted by atomic mass is 16.2. The van der Waals surface area contributed by atoms with E-state index in [9.17, 15) is 4.79 Å². The Labute approximate surface area is 68.8 Å². The van der Waals surface area contributed by atoms with E-state index >= 15 is 0 Å². The molecule has 6 nitrogen and oxygen atoms in total. The molecule has 0 aliphatic rings. The number of hydrogen-bond acceptors (Lipinski definition) is 3. The Hall–Kier alpha value is -1.85. The molecular formula is C6H9N5O. The predicted molar refractivity (Wildman–Crippen MR) is 43.3 cm³/mol. The molecule has 1 rings (SSSR count). The van der Waals surface area contributed by atoms with Crippen LogP contribution in [0.2, 0.25) is 0 Å². The van der Waals surface area contributed by atoms with Crippen LogP contribution in [0.5, 0.6) is 0 Å². The van der Waals surface area contributed by atoms with Crippen molar-refractivity contribution in [2.75, 3.05) is 5.43 Å². The van der Waals surface area contributed by atoms with Gasteiger partial charge in [-0.1, -0.05) is 0 Å². The molecule has 6 heteroatoms. The first-order chi connectivity index (χ1) is 5.59. The monoisotopic (exact) mass is 167 g/mol. The molecule has 64 valence electrons. The standard InChI is InChI=1S/C6H9N5O/c1-4(12)9-11-3-2-5(10-11)6(7)8/h2-3H,1H3,(H3,7,8)(H,9,12). The average Bonchev–Trinajstić information content (AvgIpc) is 2.34. The van der Waals surface area contributed by atoms with Gasteiger partial charge in [0.2, 0.25) is 5.91 Å². The largest absolute Gasteiger partial charge is 0.382 e. The number of hydrogen-bond donors (Lipinski definition) is 3. The summed E-state index contributed by atoms with van der Waals surface area (Å²) in [7, 11) is 0. The van der Waals surface area contributed by atoms with Crippen LogP contribution in [0.3, 0.4) is 0 Å². The molecule has 0 fully saturated rings. The van der Waals surface area contributed by atoms with E-state index in [-0.39, 0.29) is 11.7 Å². The molecule has 1 heterocycles. The Kier molecular flexibility index (Phi) is 2.09. The van der Waals surface area contributed by atoms with E-state index in [1.807, 2.05) is 0 Å². The summed E-state index contributed by atoms with van der Waals surface area (Å²) in [4.78, 5) is 11.7. The normalized spacial score (nSPS) is 9.42. The Balaban J connectivity index is 2.77. The van der Waals surface area contributed by atoms with E-state index in [1.54, 1.807) is 0 Å². The first kappa shape index (κ1) is 8.25. The summed E-state index contributed by atoms with van der Waals surface area (Å²) >= 11 is 0. The summed E-state index contributed by atoms with van der Waals surface area (Å²) in [6.07, 6.45) is 1.51. The summed E-state index contributed by atoms with van der Waals surface area (Å²) in [5.74, 6) is -0.354. The van der Waals surface area contributed by atoms with Gasteiger partial charge in [-0.05, 0) is 6.07 Å². The van der Waals surface area contributed by atoms with Gasteiger partial charge in [0.1, 0.15) is 11.5 Å². The van der Waals surface area contributed by atoms with E-state index in [4.69, 9.17) is 11.1 Å². The number of nitrogens with zero attached hydrogens (tertiary/aromatic N) is 2. The second-order valence-corrected chi connectivity index (χ2v) is 2.23. The number of nitrogen functional groups attached to an aromatic ring is 1. The summed E-state index contributed by atoms with van der Waals surface area (Å²) < 4.78 is 0. The number of amides is 1. The lowest BCUT2D eigenvalue weighted by molar-refractivity contribution is -0.115. The smallest absolute Gasteiger partial charge is 0.236 e. The number of aromatic nitrogens is 2. The van der Waals surface area contributed by atoms with Crippen molar-refractivity contribution in [1.82, 2.24) is 9.89 Å². The van der Waals surface area contributed by atoms with Crippen molar-refractivity contribution < 1.29 is 4.79 Å². The van der Waals surface area contributed by atoms with Gasteiger partial charge in [-0.2, -0.15) is 4.79 Å². The van der Waals surface area contributed by atoms with Crippen molar-refractivity contribution in [1.29, 1.82) is 5.41 Å². The molecule has 1 aromatic heterocycles. The van der Waals surface area contributed by atoms with Crippen LogP contribution in [-0.4, -0.2) is 21.6 Å². The van der Waals surface area contributed by atoms with Crippen molar-refractivity contribution >= 4 is 11.7 Å². The van der Waals surface area contributed by atoms with Gasteiger partial charge in [-0.15, -0.1) is 5.10 Å². The topological polar surface area (TPSA) is 96.8 Å². The van der Waals surface area contributed by atoms with Gasteiger partial charge in [-0.3, -0.25) is 10.2 Å². The number of carbonyl (C=O) groups is 1. The fourth-order valence-corrected chi connectivity index (χ4v) is 0.691. The van der Waals surface area contributed by atoms with Crippen LogP contribution in [-0.2, 0) is 4.79 Å². The second-order valence-electron chi connectivity index (χ2n) is 2.23. The van der Waals surface area contributed by atoms with Crippen molar-refractivity contribution in [2.24, 2.45) is 5.73 Å². The molecule has 0 saturated heterocycles. The highest BCUT2D eigenvalue weighted by Crippen LogP contribution is 1.91. The molecule has 1 amide bonds. The molecule has 0 aliphatic heterocycles. The maximum Gasteiger partial charge on any atom is 0.236 e. The molecule has 0 radical (unpaired) electrons. The Morgan fingerprint density at radius 3 is 2.92 bits per heavy atom. The first-order valence-electron chi connectivity index (χ1n) is 3.27. The third kappa shape index (κ3) is 1.82. The zero-order valence-corrected chi connectivity index (χ0v) is 6.53. The van der Waals surface area contributed by atoms with Crippen LogP contribution in [0.25, 0.3) is 0 Å². The van der Waals surface area contributed by atoms with Gasteiger partial charge in [0.05, 0.1) is 0 Å². The highest BCUT2D eigenvalue weighted by Gasteiger charge is 2.01. The van der Waals surface area contributed by atoms with Crippen LogP contribution >= 0.6 is 0 Å². The van der Waals surface area contributed by atoms with Crippen molar-refractivity contribution in [3.63, 3.8) is 0 Å². The molecule has 0 saturated carbocycles.